The van der Waals surface area contributed by atoms with Crippen LogP contribution in [0.4, 0.5) is 0 Å². The van der Waals surface area contributed by atoms with E-state index in [0.29, 0.717) is 24.5 Å². The molecule has 1 N–H and O–H groups in total. The van der Waals surface area contributed by atoms with Gasteiger partial charge in [-0.05, 0) is 52.3 Å². The molecule has 1 saturated heterocycles. The minimum Gasteiger partial charge on any atom is -0.872 e. The number of hydrogen-bond acceptors (Lipinski definition) is 4. The normalized spacial score (nSPS) is 17.1. The fourth-order valence-electron chi connectivity index (χ4n) is 5.06. The summed E-state index contributed by atoms with van der Waals surface area (Å²) in [6.07, 6.45) is 0.728. The fraction of sp³-hybridized carbons (Fsp3) is 0.353. The lowest BCUT2D eigenvalue weighted by Gasteiger charge is -2.28. The average Bonchev–Trinajstić information content (AvgIpc) is 3.17. The lowest BCUT2D eigenvalue weighted by molar-refractivity contribution is -0.858. The van der Waals surface area contributed by atoms with Gasteiger partial charge >= 0.3 is 0 Å². The van der Waals surface area contributed by atoms with Gasteiger partial charge in [0.25, 0.3) is 5.91 Å². The van der Waals surface area contributed by atoms with E-state index in [4.69, 9.17) is 4.74 Å². The van der Waals surface area contributed by atoms with Crippen molar-refractivity contribution in [3.05, 3.63) is 106 Å². The molecule has 1 unspecified atom stereocenters. The molecular formula is C34H40N2O4. The Bertz CT molecular complexity index is 1390. The lowest BCUT2D eigenvalue weighted by Crippen LogP contribution is -3.05. The number of rotatable bonds is 9. The summed E-state index contributed by atoms with van der Waals surface area (Å²) in [6.45, 7) is 9.95. The van der Waals surface area contributed by atoms with Crippen LogP contribution in [0.5, 0.6) is 5.75 Å². The molecule has 40 heavy (non-hydrogen) atoms. The highest BCUT2D eigenvalue weighted by Crippen LogP contribution is 2.39. The third-order valence-electron chi connectivity index (χ3n) is 7.37. The molecule has 1 fully saturated rings. The van der Waals surface area contributed by atoms with Crippen LogP contribution in [0.3, 0.4) is 0 Å². The number of Topliss-reactive ketones (excluding diaryl/α,β-unsaturated/α-hetero) is 1. The van der Waals surface area contributed by atoms with Crippen molar-refractivity contribution in [3.8, 4) is 5.75 Å². The second-order valence-electron chi connectivity index (χ2n) is 11.9. The SMILES string of the molecule is Cc1cc(C([O-])=C2C(=O)C(=O)N(CCC[NH+](C)C)C2c2ccc(C(C)(C)C)cc2)ccc1OCc1ccccc1. The molecule has 1 aliphatic heterocycles. The van der Waals surface area contributed by atoms with E-state index in [1.54, 1.807) is 23.1 Å². The summed E-state index contributed by atoms with van der Waals surface area (Å²) in [5.41, 5.74) is 4.09. The maximum atomic E-state index is 13.9. The number of carbonyl (C=O) groups is 2. The van der Waals surface area contributed by atoms with E-state index in [0.717, 1.165) is 35.2 Å². The van der Waals surface area contributed by atoms with Gasteiger partial charge in [0, 0.05) is 18.5 Å². The van der Waals surface area contributed by atoms with Gasteiger partial charge in [0.2, 0.25) is 5.78 Å². The molecule has 0 bridgehead atoms. The molecule has 6 heteroatoms. The standard InChI is InChI=1S/C34H40N2O4/c1-23-21-26(15-18-28(23)40-22-24-11-8-7-9-12-24)31(37)29-30(25-13-16-27(17-14-25)34(2,3)4)36(33(39)32(29)38)20-10-19-35(5)6/h7-9,11-18,21,30,37H,10,19-20,22H2,1-6H3. The zero-order chi connectivity index (χ0) is 29.0. The quantitative estimate of drug-likeness (QED) is 0.256. The molecule has 6 nitrogen and oxygen atoms in total. The van der Waals surface area contributed by atoms with Crippen LogP contribution in [0, 0.1) is 6.92 Å². The maximum Gasteiger partial charge on any atom is 0.295 e. The first-order valence-corrected chi connectivity index (χ1v) is 13.9. The molecule has 210 valence electrons. The Kier molecular flexibility index (Phi) is 8.79. The summed E-state index contributed by atoms with van der Waals surface area (Å²) < 4.78 is 5.98. The first-order valence-electron chi connectivity index (χ1n) is 13.9. The zero-order valence-corrected chi connectivity index (χ0v) is 24.4. The van der Waals surface area contributed by atoms with Crippen molar-refractivity contribution in [2.75, 3.05) is 27.2 Å². The third kappa shape index (κ3) is 6.45. The van der Waals surface area contributed by atoms with Crippen LogP contribution in [0.1, 0.15) is 61.1 Å². The van der Waals surface area contributed by atoms with Crippen molar-refractivity contribution in [3.63, 3.8) is 0 Å². The van der Waals surface area contributed by atoms with Crippen molar-refractivity contribution >= 4 is 17.4 Å². The average molecular weight is 541 g/mol. The first kappa shape index (κ1) is 29.1. The van der Waals surface area contributed by atoms with Gasteiger partial charge in [-0.1, -0.05) is 87.2 Å². The highest BCUT2D eigenvalue weighted by atomic mass is 16.5. The zero-order valence-electron chi connectivity index (χ0n) is 24.4. The minimum atomic E-state index is -0.715. The molecule has 1 amide bonds. The number of nitrogens with zero attached hydrogens (tertiary/aromatic N) is 1. The second-order valence-corrected chi connectivity index (χ2v) is 11.9. The number of hydrogen-bond donors (Lipinski definition) is 1. The number of aryl methyl sites for hydroxylation is 1. The third-order valence-corrected chi connectivity index (χ3v) is 7.37. The first-order chi connectivity index (χ1) is 19.0. The lowest BCUT2D eigenvalue weighted by atomic mass is 9.85. The van der Waals surface area contributed by atoms with Gasteiger partial charge in [-0.2, -0.15) is 0 Å². The van der Waals surface area contributed by atoms with Gasteiger partial charge in [0.1, 0.15) is 12.4 Å². The largest absolute Gasteiger partial charge is 0.872 e. The van der Waals surface area contributed by atoms with Gasteiger partial charge in [0.05, 0.1) is 26.7 Å². The van der Waals surface area contributed by atoms with Crippen LogP contribution in [-0.4, -0.2) is 43.8 Å². The predicted octanol–water partition coefficient (Wildman–Crippen LogP) is 3.63. The van der Waals surface area contributed by atoms with E-state index in [2.05, 4.69) is 34.9 Å². The van der Waals surface area contributed by atoms with Crippen molar-refractivity contribution in [1.29, 1.82) is 0 Å². The fourth-order valence-corrected chi connectivity index (χ4v) is 5.06. The smallest absolute Gasteiger partial charge is 0.295 e. The van der Waals surface area contributed by atoms with Gasteiger partial charge in [0.15, 0.2) is 0 Å². The molecule has 0 aliphatic carbocycles. The molecule has 0 aromatic heterocycles. The summed E-state index contributed by atoms with van der Waals surface area (Å²) in [5.74, 6) is -1.07. The molecule has 4 rings (SSSR count). The number of quaternary nitrogens is 1. The van der Waals surface area contributed by atoms with Gasteiger partial charge in [-0.15, -0.1) is 0 Å². The van der Waals surface area contributed by atoms with Crippen LogP contribution in [0.25, 0.3) is 5.76 Å². The van der Waals surface area contributed by atoms with Crippen LogP contribution in [0.2, 0.25) is 0 Å². The molecule has 0 spiro atoms. The monoisotopic (exact) mass is 540 g/mol. The van der Waals surface area contributed by atoms with E-state index in [1.807, 2.05) is 61.5 Å². The Labute approximate surface area is 237 Å². The predicted molar refractivity (Wildman–Crippen MR) is 156 cm³/mol. The minimum absolute atomic E-state index is 0.0167. The van der Waals surface area contributed by atoms with Crippen LogP contribution in [0.15, 0.2) is 78.4 Å². The molecule has 3 aromatic rings. The Balaban J connectivity index is 1.70. The van der Waals surface area contributed by atoms with E-state index in [9.17, 15) is 14.7 Å². The molecular weight excluding hydrogens is 500 g/mol. The highest BCUT2D eigenvalue weighted by molar-refractivity contribution is 6.46. The van der Waals surface area contributed by atoms with Gasteiger partial charge in [-0.3, -0.25) is 9.59 Å². The maximum absolute atomic E-state index is 13.9. The Hall–Kier alpha value is -3.90. The topological polar surface area (TPSA) is 74.1 Å². The van der Waals surface area contributed by atoms with Crippen molar-refractivity contribution in [1.82, 2.24) is 4.90 Å². The Morgan fingerprint density at radius 3 is 2.25 bits per heavy atom. The molecule has 0 radical (unpaired) electrons. The number of amides is 1. The molecule has 1 aliphatic rings. The van der Waals surface area contributed by atoms with E-state index < -0.39 is 23.5 Å². The highest BCUT2D eigenvalue weighted by Gasteiger charge is 2.44. The van der Waals surface area contributed by atoms with Crippen molar-refractivity contribution < 1.29 is 24.3 Å². The summed E-state index contributed by atoms with van der Waals surface area (Å²) in [7, 11) is 4.10. The number of benzene rings is 3. The van der Waals surface area contributed by atoms with Gasteiger partial charge < -0.3 is 19.6 Å². The molecule has 1 atom stereocenters. The summed E-state index contributed by atoms with van der Waals surface area (Å²) in [6, 6.07) is 22.3. The van der Waals surface area contributed by atoms with Crippen LogP contribution in [-0.2, 0) is 21.6 Å². The Morgan fingerprint density at radius 1 is 0.975 bits per heavy atom. The van der Waals surface area contributed by atoms with E-state index in [1.165, 1.54) is 4.90 Å². The van der Waals surface area contributed by atoms with Crippen molar-refractivity contribution in [2.45, 2.75) is 52.2 Å². The summed E-state index contributed by atoms with van der Waals surface area (Å²) in [5, 5.41) is 13.9. The summed E-state index contributed by atoms with van der Waals surface area (Å²) >= 11 is 0. The molecule has 3 aromatic carbocycles. The number of carbonyl (C=O) groups excluding carboxylic acids is 2. The molecule has 0 saturated carbocycles. The number of likely N-dealkylation sites (tertiary alicyclic amines) is 1. The Morgan fingerprint density at radius 2 is 1.65 bits per heavy atom. The van der Waals surface area contributed by atoms with Crippen LogP contribution >= 0.6 is 0 Å². The second kappa shape index (κ2) is 12.1. The van der Waals surface area contributed by atoms with Crippen LogP contribution < -0.4 is 14.7 Å². The van der Waals surface area contributed by atoms with E-state index in [-0.39, 0.29) is 11.0 Å². The number of nitrogens with one attached hydrogen (secondary N) is 1. The number of ether oxygens (including phenoxy) is 1. The molecule has 1 heterocycles. The van der Waals surface area contributed by atoms with Gasteiger partial charge in [-0.25, -0.2) is 0 Å². The van der Waals surface area contributed by atoms with E-state index >= 15 is 0 Å². The van der Waals surface area contributed by atoms with Crippen molar-refractivity contribution in [2.24, 2.45) is 0 Å². The summed E-state index contributed by atoms with van der Waals surface area (Å²) in [4.78, 5) is 29.5. The number of ketones is 1.